The predicted octanol–water partition coefficient (Wildman–Crippen LogP) is 5.79. The van der Waals surface area contributed by atoms with Crippen LogP contribution in [0.3, 0.4) is 0 Å². The van der Waals surface area contributed by atoms with E-state index in [1.165, 1.54) is 6.07 Å². The average Bonchev–Trinajstić information content (AvgIpc) is 2.81. The predicted molar refractivity (Wildman–Crippen MR) is 93.9 cm³/mol. The molecule has 0 bridgehead atoms. The van der Waals surface area contributed by atoms with E-state index >= 15 is 0 Å². The fraction of sp³-hybridized carbons (Fsp3) is 0.211. The Bertz CT molecular complexity index is 880. The zero-order valence-corrected chi connectivity index (χ0v) is 14.6. The molecule has 1 aliphatic heterocycles. The number of benzene rings is 2. The Morgan fingerprint density at radius 3 is 2.62 bits per heavy atom. The summed E-state index contributed by atoms with van der Waals surface area (Å²) in [5.41, 5.74) is 0.716. The summed E-state index contributed by atoms with van der Waals surface area (Å²) in [7, 11) is 0. The van der Waals surface area contributed by atoms with Crippen LogP contribution in [0.5, 0.6) is 11.5 Å². The third-order valence-electron chi connectivity index (χ3n) is 4.19. The molecule has 0 N–H and O–H groups in total. The Balaban J connectivity index is 1.89. The number of carbonyl (C=O) groups is 1. The highest BCUT2D eigenvalue weighted by Crippen LogP contribution is 2.41. The summed E-state index contributed by atoms with van der Waals surface area (Å²) >= 11 is 5.92. The number of ether oxygens (including phenoxy) is 1. The van der Waals surface area contributed by atoms with E-state index in [4.69, 9.17) is 16.3 Å². The van der Waals surface area contributed by atoms with Gasteiger partial charge in [0.05, 0.1) is 16.5 Å². The first-order chi connectivity index (χ1) is 12.2. The number of nitrogens with zero attached hydrogens (tertiary/aromatic N) is 1. The van der Waals surface area contributed by atoms with E-state index < -0.39 is 11.7 Å². The standard InChI is InChI=1S/C19H15ClF3NO2/c1-3-8-24-16-6-5-13(10-14(16)11(2)18(24)25)26-17-7-4-12(9-15(17)20)19(21,22)23/h3-7,9-11H,1,8H2,2H3. The van der Waals surface area contributed by atoms with Crippen LogP contribution in [0.2, 0.25) is 5.02 Å². The molecule has 3 nitrogen and oxygen atoms in total. The van der Waals surface area contributed by atoms with Crippen LogP contribution in [0.1, 0.15) is 24.0 Å². The summed E-state index contributed by atoms with van der Waals surface area (Å²) in [4.78, 5) is 13.9. The van der Waals surface area contributed by atoms with Crippen LogP contribution in [0.4, 0.5) is 18.9 Å². The number of carbonyl (C=O) groups excluding carboxylic acids is 1. The molecule has 0 radical (unpaired) electrons. The number of rotatable bonds is 4. The van der Waals surface area contributed by atoms with Crippen molar-refractivity contribution in [3.8, 4) is 11.5 Å². The molecule has 0 saturated carbocycles. The molecule has 1 amide bonds. The lowest BCUT2D eigenvalue weighted by molar-refractivity contribution is -0.137. The summed E-state index contributed by atoms with van der Waals surface area (Å²) in [6.07, 6.45) is -2.83. The van der Waals surface area contributed by atoms with Crippen LogP contribution in [-0.2, 0) is 11.0 Å². The molecule has 0 aromatic heterocycles. The van der Waals surface area contributed by atoms with Crippen molar-refractivity contribution < 1.29 is 22.7 Å². The zero-order valence-electron chi connectivity index (χ0n) is 13.8. The first-order valence-corrected chi connectivity index (χ1v) is 8.21. The second-order valence-electron chi connectivity index (χ2n) is 5.92. The molecule has 2 aromatic carbocycles. The van der Waals surface area contributed by atoms with Gasteiger partial charge in [0.1, 0.15) is 11.5 Å². The number of alkyl halides is 3. The van der Waals surface area contributed by atoms with Crippen molar-refractivity contribution in [1.82, 2.24) is 0 Å². The van der Waals surface area contributed by atoms with Gasteiger partial charge in [-0.05, 0) is 48.9 Å². The van der Waals surface area contributed by atoms with Gasteiger partial charge in [-0.1, -0.05) is 17.7 Å². The van der Waals surface area contributed by atoms with Crippen LogP contribution in [-0.4, -0.2) is 12.5 Å². The quantitative estimate of drug-likeness (QED) is 0.627. The van der Waals surface area contributed by atoms with Crippen LogP contribution in [0.25, 0.3) is 0 Å². The smallest absolute Gasteiger partial charge is 0.416 e. The number of hydrogen-bond acceptors (Lipinski definition) is 2. The topological polar surface area (TPSA) is 29.5 Å². The highest BCUT2D eigenvalue weighted by molar-refractivity contribution is 6.32. The number of halogens is 4. The third-order valence-corrected chi connectivity index (χ3v) is 4.49. The summed E-state index contributed by atoms with van der Waals surface area (Å²) in [6.45, 7) is 5.85. The van der Waals surface area contributed by atoms with Gasteiger partial charge in [-0.25, -0.2) is 0 Å². The highest BCUT2D eigenvalue weighted by atomic mass is 35.5. The molecule has 0 fully saturated rings. The molecule has 0 spiro atoms. The average molecular weight is 382 g/mol. The van der Waals surface area contributed by atoms with Crippen LogP contribution >= 0.6 is 11.6 Å². The molecule has 0 saturated heterocycles. The van der Waals surface area contributed by atoms with Gasteiger partial charge in [0.15, 0.2) is 0 Å². The molecule has 26 heavy (non-hydrogen) atoms. The fourth-order valence-electron chi connectivity index (χ4n) is 2.88. The van der Waals surface area contributed by atoms with Gasteiger partial charge in [0, 0.05) is 12.2 Å². The minimum Gasteiger partial charge on any atom is -0.456 e. The van der Waals surface area contributed by atoms with Crippen molar-refractivity contribution in [2.75, 3.05) is 11.4 Å². The lowest BCUT2D eigenvalue weighted by Crippen LogP contribution is -2.27. The summed E-state index contributed by atoms with van der Waals surface area (Å²) in [5, 5.41) is -0.141. The Kier molecular flexibility index (Phi) is 4.71. The van der Waals surface area contributed by atoms with Gasteiger partial charge >= 0.3 is 6.18 Å². The Morgan fingerprint density at radius 1 is 1.27 bits per heavy atom. The Morgan fingerprint density at radius 2 is 2.00 bits per heavy atom. The van der Waals surface area contributed by atoms with E-state index in [-0.39, 0.29) is 22.6 Å². The van der Waals surface area contributed by atoms with Gasteiger partial charge in [0.25, 0.3) is 0 Å². The highest BCUT2D eigenvalue weighted by Gasteiger charge is 2.34. The first-order valence-electron chi connectivity index (χ1n) is 7.83. The van der Waals surface area contributed by atoms with E-state index in [0.717, 1.165) is 23.4 Å². The van der Waals surface area contributed by atoms with Gasteiger partial charge in [-0.2, -0.15) is 13.2 Å². The van der Waals surface area contributed by atoms with Crippen molar-refractivity contribution in [3.05, 3.63) is 65.2 Å². The largest absolute Gasteiger partial charge is 0.456 e. The molecule has 1 atom stereocenters. The lowest BCUT2D eigenvalue weighted by atomic mass is 10.0. The molecule has 0 aliphatic carbocycles. The van der Waals surface area contributed by atoms with E-state index in [1.54, 1.807) is 36.1 Å². The van der Waals surface area contributed by atoms with E-state index in [9.17, 15) is 18.0 Å². The van der Waals surface area contributed by atoms with Gasteiger partial charge < -0.3 is 9.64 Å². The van der Waals surface area contributed by atoms with E-state index in [1.807, 2.05) is 0 Å². The fourth-order valence-corrected chi connectivity index (χ4v) is 3.10. The molecular weight excluding hydrogens is 367 g/mol. The van der Waals surface area contributed by atoms with Crippen molar-refractivity contribution in [2.24, 2.45) is 0 Å². The van der Waals surface area contributed by atoms with Gasteiger partial charge in [-0.15, -0.1) is 6.58 Å². The molecule has 1 unspecified atom stereocenters. The van der Waals surface area contributed by atoms with Crippen LogP contribution < -0.4 is 9.64 Å². The van der Waals surface area contributed by atoms with Crippen LogP contribution in [0, 0.1) is 0 Å². The molecular formula is C19H15ClF3NO2. The Labute approximate surface area is 153 Å². The lowest BCUT2D eigenvalue weighted by Gasteiger charge is -2.15. The third kappa shape index (κ3) is 3.29. The summed E-state index contributed by atoms with van der Waals surface area (Å²) in [6, 6.07) is 8.00. The monoisotopic (exact) mass is 381 g/mol. The SMILES string of the molecule is C=CCN1C(=O)C(C)c2cc(Oc3ccc(C(F)(F)F)cc3Cl)ccc21. The van der Waals surface area contributed by atoms with Gasteiger partial charge in [-0.3, -0.25) is 4.79 Å². The minimum atomic E-state index is -4.47. The molecule has 1 aliphatic rings. The van der Waals surface area contributed by atoms with Crippen molar-refractivity contribution in [3.63, 3.8) is 0 Å². The Hall–Kier alpha value is -2.47. The maximum atomic E-state index is 12.7. The molecule has 7 heteroatoms. The molecule has 1 heterocycles. The number of amides is 1. The van der Waals surface area contributed by atoms with Crippen LogP contribution in [0.15, 0.2) is 49.1 Å². The second-order valence-corrected chi connectivity index (χ2v) is 6.33. The summed E-state index contributed by atoms with van der Waals surface area (Å²) in [5.74, 6) is 0.131. The number of hydrogen-bond donors (Lipinski definition) is 0. The van der Waals surface area contributed by atoms with E-state index in [0.29, 0.717) is 12.3 Å². The first kappa shape index (κ1) is 18.3. The second kappa shape index (κ2) is 6.68. The summed E-state index contributed by atoms with van der Waals surface area (Å²) < 4.78 is 43.8. The maximum absolute atomic E-state index is 12.7. The number of fused-ring (bicyclic) bond motifs is 1. The van der Waals surface area contributed by atoms with Gasteiger partial charge in [0.2, 0.25) is 5.91 Å². The normalized spacial score (nSPS) is 16.6. The molecule has 136 valence electrons. The maximum Gasteiger partial charge on any atom is 0.416 e. The minimum absolute atomic E-state index is 0.0374. The van der Waals surface area contributed by atoms with E-state index in [2.05, 4.69) is 6.58 Å². The van der Waals surface area contributed by atoms with Crippen molar-refractivity contribution in [2.45, 2.75) is 19.0 Å². The zero-order chi connectivity index (χ0) is 19.1. The molecule has 3 rings (SSSR count). The van der Waals surface area contributed by atoms with Crippen molar-refractivity contribution >= 4 is 23.2 Å². The molecule has 2 aromatic rings. The van der Waals surface area contributed by atoms with Crippen molar-refractivity contribution in [1.29, 1.82) is 0 Å². The number of anilines is 1.